The maximum Gasteiger partial charge on any atom is 0.00448 e. The smallest absolute Gasteiger partial charge is 0.00448 e. The molecule has 0 amide bonds. The van der Waals surface area contributed by atoms with Crippen molar-refractivity contribution >= 4 is 0 Å². The van der Waals surface area contributed by atoms with E-state index in [0.717, 1.165) is 12.5 Å². The van der Waals surface area contributed by atoms with Crippen LogP contribution < -0.4 is 5.32 Å². The largest absolute Gasteiger partial charge is 0.319 e. The molecule has 0 bridgehead atoms. The molecule has 2 nitrogen and oxygen atoms in total. The van der Waals surface area contributed by atoms with Gasteiger partial charge in [0.1, 0.15) is 0 Å². The Bertz CT molecular complexity index is 240. The monoisotopic (exact) mass is 254 g/mol. The summed E-state index contributed by atoms with van der Waals surface area (Å²) in [5, 5.41) is 3.32. The summed E-state index contributed by atoms with van der Waals surface area (Å²) in [6, 6.07) is 0. The fourth-order valence-corrected chi connectivity index (χ4v) is 3.32. The summed E-state index contributed by atoms with van der Waals surface area (Å²) in [7, 11) is 2.06. The van der Waals surface area contributed by atoms with Crippen LogP contribution in [0.5, 0.6) is 0 Å². The lowest BCUT2D eigenvalue weighted by Crippen LogP contribution is -2.40. The van der Waals surface area contributed by atoms with Crippen LogP contribution >= 0.6 is 0 Å². The van der Waals surface area contributed by atoms with Gasteiger partial charge in [0.15, 0.2) is 0 Å². The van der Waals surface area contributed by atoms with Gasteiger partial charge in [-0.1, -0.05) is 34.6 Å². The van der Waals surface area contributed by atoms with E-state index in [0.29, 0.717) is 10.8 Å². The van der Waals surface area contributed by atoms with Gasteiger partial charge in [0.25, 0.3) is 0 Å². The SMILES string of the molecule is CNCC(C)(C)CN1CCCC(C(C)(C)C)CC1. The molecule has 0 spiro atoms. The molecule has 108 valence electrons. The van der Waals surface area contributed by atoms with E-state index in [9.17, 15) is 0 Å². The first-order chi connectivity index (χ1) is 8.24. The molecule has 1 rings (SSSR count). The van der Waals surface area contributed by atoms with Crippen LogP contribution in [0.3, 0.4) is 0 Å². The standard InChI is InChI=1S/C16H34N2/c1-15(2,3)14-8-7-10-18(11-9-14)13-16(4,5)12-17-6/h14,17H,7-13H2,1-6H3. The second-order valence-electron chi connectivity index (χ2n) is 7.96. The van der Waals surface area contributed by atoms with Gasteiger partial charge in [-0.3, -0.25) is 0 Å². The second kappa shape index (κ2) is 6.38. The highest BCUT2D eigenvalue weighted by atomic mass is 15.1. The van der Waals surface area contributed by atoms with Gasteiger partial charge in [-0.25, -0.2) is 0 Å². The van der Waals surface area contributed by atoms with E-state index in [-0.39, 0.29) is 0 Å². The van der Waals surface area contributed by atoms with E-state index in [1.54, 1.807) is 0 Å². The van der Waals surface area contributed by atoms with E-state index >= 15 is 0 Å². The van der Waals surface area contributed by atoms with E-state index in [2.05, 4.69) is 51.9 Å². The third-order valence-corrected chi connectivity index (χ3v) is 4.35. The maximum atomic E-state index is 3.32. The molecule has 1 saturated heterocycles. The second-order valence-corrected chi connectivity index (χ2v) is 7.96. The van der Waals surface area contributed by atoms with Crippen molar-refractivity contribution in [2.24, 2.45) is 16.7 Å². The lowest BCUT2D eigenvalue weighted by Gasteiger charge is -2.33. The molecular formula is C16H34N2. The third kappa shape index (κ3) is 5.27. The van der Waals surface area contributed by atoms with Crippen LogP contribution in [0.4, 0.5) is 0 Å². The predicted molar refractivity (Wildman–Crippen MR) is 80.9 cm³/mol. The number of likely N-dealkylation sites (tertiary alicyclic amines) is 1. The minimum Gasteiger partial charge on any atom is -0.319 e. The Kier molecular flexibility index (Phi) is 5.67. The minimum atomic E-state index is 0.385. The van der Waals surface area contributed by atoms with Crippen molar-refractivity contribution in [3.8, 4) is 0 Å². The van der Waals surface area contributed by atoms with Crippen molar-refractivity contribution in [2.75, 3.05) is 33.2 Å². The van der Waals surface area contributed by atoms with E-state index in [1.807, 2.05) is 0 Å². The van der Waals surface area contributed by atoms with Crippen LogP contribution in [0.2, 0.25) is 0 Å². The van der Waals surface area contributed by atoms with Gasteiger partial charge in [-0.05, 0) is 56.1 Å². The number of nitrogens with zero attached hydrogens (tertiary/aromatic N) is 1. The molecule has 1 N–H and O–H groups in total. The summed E-state index contributed by atoms with van der Waals surface area (Å²) in [5.74, 6) is 0.898. The fourth-order valence-electron chi connectivity index (χ4n) is 3.32. The molecule has 1 unspecified atom stereocenters. The molecule has 18 heavy (non-hydrogen) atoms. The average Bonchev–Trinajstić information content (AvgIpc) is 2.41. The Labute approximate surface area is 115 Å². The van der Waals surface area contributed by atoms with Gasteiger partial charge in [0.05, 0.1) is 0 Å². The lowest BCUT2D eigenvalue weighted by atomic mass is 9.77. The Morgan fingerprint density at radius 2 is 1.72 bits per heavy atom. The third-order valence-electron chi connectivity index (χ3n) is 4.35. The van der Waals surface area contributed by atoms with E-state index in [1.165, 1.54) is 38.9 Å². The van der Waals surface area contributed by atoms with Crippen molar-refractivity contribution in [3.05, 3.63) is 0 Å². The highest BCUT2D eigenvalue weighted by Crippen LogP contribution is 2.34. The summed E-state index contributed by atoms with van der Waals surface area (Å²) >= 11 is 0. The molecule has 0 saturated carbocycles. The van der Waals surface area contributed by atoms with Crippen LogP contribution in [0.25, 0.3) is 0 Å². The summed E-state index contributed by atoms with van der Waals surface area (Å²) in [5.41, 5.74) is 0.868. The zero-order valence-electron chi connectivity index (χ0n) is 13.5. The van der Waals surface area contributed by atoms with Crippen LogP contribution in [-0.2, 0) is 0 Å². The van der Waals surface area contributed by atoms with Gasteiger partial charge in [0, 0.05) is 13.1 Å². The zero-order chi connectivity index (χ0) is 13.8. The van der Waals surface area contributed by atoms with E-state index in [4.69, 9.17) is 0 Å². The van der Waals surface area contributed by atoms with Crippen molar-refractivity contribution in [1.29, 1.82) is 0 Å². The number of rotatable bonds is 4. The van der Waals surface area contributed by atoms with Gasteiger partial charge >= 0.3 is 0 Å². The molecular weight excluding hydrogens is 220 g/mol. The van der Waals surface area contributed by atoms with Crippen molar-refractivity contribution in [3.63, 3.8) is 0 Å². The topological polar surface area (TPSA) is 15.3 Å². The first-order valence-corrected chi connectivity index (χ1v) is 7.61. The van der Waals surface area contributed by atoms with Gasteiger partial charge in [-0.2, -0.15) is 0 Å². The molecule has 0 aromatic carbocycles. The lowest BCUT2D eigenvalue weighted by molar-refractivity contribution is 0.169. The summed E-state index contributed by atoms with van der Waals surface area (Å²) < 4.78 is 0. The summed E-state index contributed by atoms with van der Waals surface area (Å²) in [4.78, 5) is 2.68. The maximum absolute atomic E-state index is 3.32. The molecule has 2 heteroatoms. The molecule has 1 fully saturated rings. The van der Waals surface area contributed by atoms with Crippen LogP contribution in [0, 0.1) is 16.7 Å². The summed E-state index contributed by atoms with van der Waals surface area (Å²) in [6.45, 7) is 16.9. The summed E-state index contributed by atoms with van der Waals surface area (Å²) in [6.07, 6.45) is 4.16. The first-order valence-electron chi connectivity index (χ1n) is 7.61. The Morgan fingerprint density at radius 3 is 2.28 bits per heavy atom. The quantitative estimate of drug-likeness (QED) is 0.827. The highest BCUT2D eigenvalue weighted by molar-refractivity contribution is 4.82. The molecule has 1 aliphatic heterocycles. The number of hydrogen-bond acceptors (Lipinski definition) is 2. The van der Waals surface area contributed by atoms with Gasteiger partial charge < -0.3 is 10.2 Å². The van der Waals surface area contributed by atoms with Gasteiger partial charge in [0.2, 0.25) is 0 Å². The Hall–Kier alpha value is -0.0800. The Morgan fingerprint density at radius 1 is 1.06 bits per heavy atom. The number of hydrogen-bond donors (Lipinski definition) is 1. The van der Waals surface area contributed by atoms with Crippen LogP contribution in [0.15, 0.2) is 0 Å². The molecule has 0 radical (unpaired) electrons. The van der Waals surface area contributed by atoms with Crippen LogP contribution in [-0.4, -0.2) is 38.1 Å². The normalized spacial score (nSPS) is 24.0. The molecule has 1 heterocycles. The Balaban J connectivity index is 2.47. The van der Waals surface area contributed by atoms with Crippen LogP contribution in [0.1, 0.15) is 53.9 Å². The van der Waals surface area contributed by atoms with E-state index < -0.39 is 0 Å². The molecule has 1 atom stereocenters. The van der Waals surface area contributed by atoms with Crippen molar-refractivity contribution in [1.82, 2.24) is 10.2 Å². The highest BCUT2D eigenvalue weighted by Gasteiger charge is 2.28. The zero-order valence-corrected chi connectivity index (χ0v) is 13.5. The van der Waals surface area contributed by atoms with Crippen molar-refractivity contribution < 1.29 is 0 Å². The molecule has 0 aromatic rings. The predicted octanol–water partition coefficient (Wildman–Crippen LogP) is 3.38. The average molecular weight is 254 g/mol. The van der Waals surface area contributed by atoms with Crippen molar-refractivity contribution in [2.45, 2.75) is 53.9 Å². The fraction of sp³-hybridized carbons (Fsp3) is 1.00. The number of nitrogens with one attached hydrogen (secondary N) is 1. The molecule has 0 aromatic heterocycles. The minimum absolute atomic E-state index is 0.385. The van der Waals surface area contributed by atoms with Gasteiger partial charge in [-0.15, -0.1) is 0 Å². The molecule has 0 aliphatic carbocycles. The molecule has 1 aliphatic rings. The first kappa shape index (κ1) is 16.0.